The number of carbonyl (C=O) groups is 3. The van der Waals surface area contributed by atoms with Gasteiger partial charge in [-0.15, -0.1) is 0 Å². The first-order valence-corrected chi connectivity index (χ1v) is 9.95. The maximum atomic E-state index is 12.8. The second-order valence-electron chi connectivity index (χ2n) is 7.42. The standard InChI is InChI=1S/C22H30O5/c1-16(23)14-18(24)15-20(25)22-19-12-9-8-11-17(19)10-6-4-2-3-5-7-13-21(26)27-22/h8-9,11-12,18,22,24H,2-7,10,13-15H2,1H3/t18-,22+/m0/s1. The van der Waals surface area contributed by atoms with Gasteiger partial charge in [-0.1, -0.05) is 49.9 Å². The smallest absolute Gasteiger partial charge is 0.306 e. The highest BCUT2D eigenvalue weighted by molar-refractivity contribution is 5.88. The highest BCUT2D eigenvalue weighted by atomic mass is 16.5. The molecule has 1 heterocycles. The fraction of sp³-hybridized carbons (Fsp3) is 0.591. The number of aryl methyl sites for hydroxylation is 1. The van der Waals surface area contributed by atoms with Crippen LogP contribution in [0.3, 0.4) is 0 Å². The minimum absolute atomic E-state index is 0.0753. The molecule has 0 aliphatic carbocycles. The number of ether oxygens (including phenoxy) is 1. The summed E-state index contributed by atoms with van der Waals surface area (Å²) < 4.78 is 5.57. The molecule has 1 aliphatic rings. The van der Waals surface area contributed by atoms with Gasteiger partial charge in [-0.25, -0.2) is 0 Å². The highest BCUT2D eigenvalue weighted by Crippen LogP contribution is 2.27. The molecule has 1 aromatic rings. The fourth-order valence-corrected chi connectivity index (χ4v) is 3.55. The average Bonchev–Trinajstić information content (AvgIpc) is 2.62. The Morgan fingerprint density at radius 3 is 2.37 bits per heavy atom. The van der Waals surface area contributed by atoms with Crippen molar-refractivity contribution in [2.24, 2.45) is 0 Å². The van der Waals surface area contributed by atoms with Gasteiger partial charge < -0.3 is 9.84 Å². The van der Waals surface area contributed by atoms with E-state index in [4.69, 9.17) is 4.74 Å². The van der Waals surface area contributed by atoms with E-state index < -0.39 is 12.2 Å². The molecule has 27 heavy (non-hydrogen) atoms. The van der Waals surface area contributed by atoms with E-state index in [1.54, 1.807) is 0 Å². The summed E-state index contributed by atoms with van der Waals surface area (Å²) in [6.07, 6.45) is 4.92. The number of benzene rings is 1. The van der Waals surface area contributed by atoms with Gasteiger partial charge in [0, 0.05) is 24.8 Å². The van der Waals surface area contributed by atoms with Gasteiger partial charge in [0.05, 0.1) is 6.10 Å². The number of hydrogen-bond acceptors (Lipinski definition) is 5. The van der Waals surface area contributed by atoms with E-state index in [1.807, 2.05) is 24.3 Å². The molecule has 0 aromatic heterocycles. The maximum absolute atomic E-state index is 12.8. The van der Waals surface area contributed by atoms with Crippen LogP contribution in [0.4, 0.5) is 0 Å². The Balaban J connectivity index is 2.24. The van der Waals surface area contributed by atoms with Gasteiger partial charge in [-0.2, -0.15) is 0 Å². The average molecular weight is 374 g/mol. The Hall–Kier alpha value is -2.01. The zero-order valence-electron chi connectivity index (χ0n) is 16.1. The summed E-state index contributed by atoms with van der Waals surface area (Å²) in [7, 11) is 0. The SMILES string of the molecule is CC(=O)C[C@H](O)CC(=O)[C@@H]1OC(=O)CCCCCCCCc2ccccc21. The molecule has 1 N–H and O–H groups in total. The third-order valence-corrected chi connectivity index (χ3v) is 4.92. The second kappa shape index (κ2) is 11.0. The highest BCUT2D eigenvalue weighted by Gasteiger charge is 2.28. The molecule has 0 saturated carbocycles. The quantitative estimate of drug-likeness (QED) is 0.792. The van der Waals surface area contributed by atoms with Gasteiger partial charge in [0.1, 0.15) is 5.78 Å². The van der Waals surface area contributed by atoms with Gasteiger partial charge in [-0.3, -0.25) is 14.4 Å². The summed E-state index contributed by atoms with van der Waals surface area (Å²) >= 11 is 0. The molecule has 1 aliphatic heterocycles. The van der Waals surface area contributed by atoms with Crippen LogP contribution in [0.1, 0.15) is 81.9 Å². The molecule has 1 aromatic carbocycles. The van der Waals surface area contributed by atoms with Crippen LogP contribution in [-0.4, -0.2) is 28.7 Å². The number of rotatable bonds is 5. The lowest BCUT2D eigenvalue weighted by Gasteiger charge is -2.21. The Morgan fingerprint density at radius 1 is 1.04 bits per heavy atom. The summed E-state index contributed by atoms with van der Waals surface area (Å²) in [5.41, 5.74) is 1.70. The predicted octanol–water partition coefficient (Wildman–Crippen LogP) is 3.86. The predicted molar refractivity (Wildman–Crippen MR) is 102 cm³/mol. The van der Waals surface area contributed by atoms with Crippen LogP contribution < -0.4 is 0 Å². The first-order chi connectivity index (χ1) is 13.0. The van der Waals surface area contributed by atoms with Crippen molar-refractivity contribution in [3.8, 4) is 0 Å². The van der Waals surface area contributed by atoms with Crippen molar-refractivity contribution < 1.29 is 24.2 Å². The molecule has 0 fully saturated rings. The molecule has 148 valence electrons. The lowest BCUT2D eigenvalue weighted by Crippen LogP contribution is -2.25. The molecule has 0 bridgehead atoms. The van der Waals surface area contributed by atoms with Crippen molar-refractivity contribution in [1.29, 1.82) is 0 Å². The monoisotopic (exact) mass is 374 g/mol. The van der Waals surface area contributed by atoms with Crippen LogP contribution in [0.25, 0.3) is 0 Å². The number of carbonyl (C=O) groups excluding carboxylic acids is 3. The molecule has 5 heteroatoms. The molecule has 0 saturated heterocycles. The number of aliphatic hydroxyl groups is 1. The molecule has 0 radical (unpaired) electrons. The van der Waals surface area contributed by atoms with Crippen LogP contribution in [0.2, 0.25) is 0 Å². The molecule has 0 amide bonds. The number of Topliss-reactive ketones (excluding diaryl/α,β-unsaturated/α-hetero) is 2. The molecule has 2 rings (SSSR count). The third kappa shape index (κ3) is 7.25. The van der Waals surface area contributed by atoms with Crippen molar-refractivity contribution in [3.05, 3.63) is 35.4 Å². The minimum Gasteiger partial charge on any atom is -0.449 e. The molecule has 5 nitrogen and oxygen atoms in total. The maximum Gasteiger partial charge on any atom is 0.306 e. The summed E-state index contributed by atoms with van der Waals surface area (Å²) in [6.45, 7) is 1.38. The van der Waals surface area contributed by atoms with E-state index in [0.29, 0.717) is 12.0 Å². The van der Waals surface area contributed by atoms with Crippen molar-refractivity contribution >= 4 is 17.5 Å². The lowest BCUT2D eigenvalue weighted by atomic mass is 9.93. The minimum atomic E-state index is -1.05. The van der Waals surface area contributed by atoms with Gasteiger partial charge in [0.2, 0.25) is 0 Å². The fourth-order valence-electron chi connectivity index (χ4n) is 3.55. The molecular weight excluding hydrogens is 344 g/mol. The van der Waals surface area contributed by atoms with Crippen molar-refractivity contribution in [1.82, 2.24) is 0 Å². The number of esters is 1. The first kappa shape index (κ1) is 21.3. The normalized spacial score (nSPS) is 20.2. The number of aliphatic hydroxyl groups excluding tert-OH is 1. The van der Waals surface area contributed by atoms with E-state index in [0.717, 1.165) is 50.5 Å². The van der Waals surface area contributed by atoms with E-state index in [1.165, 1.54) is 6.92 Å². The van der Waals surface area contributed by atoms with Gasteiger partial charge >= 0.3 is 5.97 Å². The van der Waals surface area contributed by atoms with Gasteiger partial charge in [-0.05, 0) is 31.7 Å². The Kier molecular flexibility index (Phi) is 8.65. The first-order valence-electron chi connectivity index (χ1n) is 9.95. The van der Waals surface area contributed by atoms with Crippen molar-refractivity contribution in [2.45, 2.75) is 83.3 Å². The van der Waals surface area contributed by atoms with E-state index in [-0.39, 0.29) is 30.4 Å². The summed E-state index contributed by atoms with van der Waals surface area (Å²) in [6, 6.07) is 7.54. The second-order valence-corrected chi connectivity index (χ2v) is 7.42. The largest absolute Gasteiger partial charge is 0.449 e. The number of hydrogen-bond donors (Lipinski definition) is 1. The summed E-state index contributed by atoms with van der Waals surface area (Å²) in [5, 5.41) is 10.00. The molecular formula is C22H30O5. The van der Waals surface area contributed by atoms with Gasteiger partial charge in [0.15, 0.2) is 11.9 Å². The Morgan fingerprint density at radius 2 is 1.67 bits per heavy atom. The zero-order valence-corrected chi connectivity index (χ0v) is 16.1. The lowest BCUT2D eigenvalue weighted by molar-refractivity contribution is -0.156. The van der Waals surface area contributed by atoms with Crippen LogP contribution in [-0.2, 0) is 25.5 Å². The van der Waals surface area contributed by atoms with Gasteiger partial charge in [0.25, 0.3) is 0 Å². The van der Waals surface area contributed by atoms with Crippen LogP contribution in [0.15, 0.2) is 24.3 Å². The molecule has 0 spiro atoms. The molecule has 0 unspecified atom stereocenters. The Labute approximate surface area is 161 Å². The summed E-state index contributed by atoms with van der Waals surface area (Å²) in [5.74, 6) is -0.925. The van der Waals surface area contributed by atoms with E-state index in [2.05, 4.69) is 0 Å². The number of ketones is 2. The number of fused-ring (bicyclic) bond motifs is 1. The Bertz CT molecular complexity index is 652. The third-order valence-electron chi connectivity index (χ3n) is 4.92. The van der Waals surface area contributed by atoms with Crippen molar-refractivity contribution in [3.63, 3.8) is 0 Å². The van der Waals surface area contributed by atoms with E-state index in [9.17, 15) is 19.5 Å². The van der Waals surface area contributed by atoms with E-state index >= 15 is 0 Å². The van der Waals surface area contributed by atoms with Crippen LogP contribution >= 0.6 is 0 Å². The van der Waals surface area contributed by atoms with Crippen LogP contribution in [0, 0.1) is 0 Å². The molecule has 2 atom stereocenters. The van der Waals surface area contributed by atoms with Crippen molar-refractivity contribution in [2.75, 3.05) is 0 Å². The van der Waals surface area contributed by atoms with Crippen LogP contribution in [0.5, 0.6) is 0 Å². The summed E-state index contributed by atoms with van der Waals surface area (Å²) in [4.78, 5) is 36.3. The topological polar surface area (TPSA) is 80.7 Å². The number of cyclic esters (lactones) is 1. The zero-order chi connectivity index (χ0) is 19.6.